The second-order valence-corrected chi connectivity index (χ2v) is 3.87. The first-order valence-electron chi connectivity index (χ1n) is 5.47. The molecule has 0 saturated carbocycles. The van der Waals surface area contributed by atoms with Crippen molar-refractivity contribution in [2.75, 3.05) is 26.2 Å². The molecule has 0 aromatic carbocycles. The highest BCUT2D eigenvalue weighted by Gasteiger charge is 2.27. The number of nitrogens with two attached hydrogens (primary N) is 1. The molecule has 1 amide bonds. The van der Waals surface area contributed by atoms with Gasteiger partial charge in [-0.3, -0.25) is 14.9 Å². The standard InChI is InChI=1S/C10H13N3O5/c11-5-7-6-12(3-4-17-7)10(14)8-1-2-9(18-8)13(15)16/h1-2,7H,3-6,11H2. The lowest BCUT2D eigenvalue weighted by molar-refractivity contribution is -0.402. The molecule has 1 aromatic rings. The van der Waals surface area contributed by atoms with Gasteiger partial charge in [-0.15, -0.1) is 0 Å². The number of nitrogens with zero attached hydrogens (tertiary/aromatic N) is 2. The van der Waals surface area contributed by atoms with Crippen molar-refractivity contribution in [2.45, 2.75) is 6.10 Å². The summed E-state index contributed by atoms with van der Waals surface area (Å²) in [6.45, 7) is 1.51. The lowest BCUT2D eigenvalue weighted by atomic mass is 10.2. The first kappa shape index (κ1) is 12.5. The van der Waals surface area contributed by atoms with E-state index >= 15 is 0 Å². The van der Waals surface area contributed by atoms with E-state index in [1.807, 2.05) is 0 Å². The van der Waals surface area contributed by atoms with Gasteiger partial charge in [0.15, 0.2) is 5.76 Å². The van der Waals surface area contributed by atoms with Gasteiger partial charge in [0.05, 0.1) is 18.8 Å². The second kappa shape index (κ2) is 5.15. The molecule has 2 rings (SSSR count). The van der Waals surface area contributed by atoms with Crippen molar-refractivity contribution < 1.29 is 18.9 Å². The molecule has 8 heteroatoms. The van der Waals surface area contributed by atoms with E-state index in [4.69, 9.17) is 14.9 Å². The van der Waals surface area contributed by atoms with Crippen molar-refractivity contribution in [3.05, 3.63) is 28.0 Å². The fraction of sp³-hybridized carbons (Fsp3) is 0.500. The summed E-state index contributed by atoms with van der Waals surface area (Å²) in [5.74, 6) is -0.869. The van der Waals surface area contributed by atoms with Gasteiger partial charge < -0.3 is 19.8 Å². The van der Waals surface area contributed by atoms with Crippen molar-refractivity contribution in [3.63, 3.8) is 0 Å². The third-order valence-electron chi connectivity index (χ3n) is 2.67. The minimum absolute atomic E-state index is 0.0422. The number of carbonyl (C=O) groups is 1. The Morgan fingerprint density at radius 1 is 1.61 bits per heavy atom. The zero-order valence-corrected chi connectivity index (χ0v) is 9.57. The molecule has 1 atom stereocenters. The number of ether oxygens (including phenoxy) is 1. The molecule has 2 heterocycles. The normalized spacial score (nSPS) is 19.8. The summed E-state index contributed by atoms with van der Waals surface area (Å²) in [7, 11) is 0. The van der Waals surface area contributed by atoms with Crippen LogP contribution in [0.1, 0.15) is 10.6 Å². The van der Waals surface area contributed by atoms with Crippen LogP contribution in [0.4, 0.5) is 5.88 Å². The van der Waals surface area contributed by atoms with Crippen molar-refractivity contribution in [1.82, 2.24) is 4.90 Å². The fourth-order valence-electron chi connectivity index (χ4n) is 1.74. The Hall–Kier alpha value is -1.93. The second-order valence-electron chi connectivity index (χ2n) is 3.87. The molecule has 98 valence electrons. The van der Waals surface area contributed by atoms with E-state index in [-0.39, 0.29) is 17.8 Å². The van der Waals surface area contributed by atoms with Crippen LogP contribution in [0.15, 0.2) is 16.5 Å². The van der Waals surface area contributed by atoms with Gasteiger partial charge in [-0.05, 0) is 6.07 Å². The molecule has 1 unspecified atom stereocenters. The number of hydrogen-bond acceptors (Lipinski definition) is 6. The Morgan fingerprint density at radius 3 is 3.00 bits per heavy atom. The van der Waals surface area contributed by atoms with Crippen LogP contribution in [-0.2, 0) is 4.74 Å². The molecule has 0 bridgehead atoms. The lowest BCUT2D eigenvalue weighted by Crippen LogP contribution is -2.48. The average Bonchev–Trinajstić information content (AvgIpc) is 2.87. The van der Waals surface area contributed by atoms with Crippen LogP contribution in [0, 0.1) is 10.1 Å². The molecular formula is C10H13N3O5. The zero-order chi connectivity index (χ0) is 13.1. The number of nitro groups is 1. The van der Waals surface area contributed by atoms with Gasteiger partial charge >= 0.3 is 5.88 Å². The highest BCUT2D eigenvalue weighted by atomic mass is 16.6. The van der Waals surface area contributed by atoms with Gasteiger partial charge in [0.25, 0.3) is 5.91 Å². The molecule has 1 aliphatic rings. The van der Waals surface area contributed by atoms with Gasteiger partial charge in [0.1, 0.15) is 4.92 Å². The average molecular weight is 255 g/mol. The van der Waals surface area contributed by atoms with Crippen molar-refractivity contribution in [1.29, 1.82) is 0 Å². The maximum atomic E-state index is 12.0. The van der Waals surface area contributed by atoms with Gasteiger partial charge in [-0.25, -0.2) is 0 Å². The van der Waals surface area contributed by atoms with E-state index in [0.29, 0.717) is 26.2 Å². The smallest absolute Gasteiger partial charge is 0.395 e. The number of hydrogen-bond donors (Lipinski definition) is 1. The van der Waals surface area contributed by atoms with E-state index in [2.05, 4.69) is 0 Å². The topological polar surface area (TPSA) is 112 Å². The number of carbonyl (C=O) groups excluding carboxylic acids is 1. The highest BCUT2D eigenvalue weighted by molar-refractivity contribution is 5.91. The summed E-state index contributed by atoms with van der Waals surface area (Å²) in [5.41, 5.74) is 5.47. The maximum absolute atomic E-state index is 12.0. The largest absolute Gasteiger partial charge is 0.433 e. The summed E-state index contributed by atoms with van der Waals surface area (Å²) >= 11 is 0. The van der Waals surface area contributed by atoms with Gasteiger partial charge in [-0.2, -0.15) is 0 Å². The third-order valence-corrected chi connectivity index (χ3v) is 2.67. The van der Waals surface area contributed by atoms with E-state index in [1.165, 1.54) is 11.0 Å². The summed E-state index contributed by atoms with van der Waals surface area (Å²) in [5, 5.41) is 10.5. The van der Waals surface area contributed by atoms with Crippen molar-refractivity contribution >= 4 is 11.8 Å². The van der Waals surface area contributed by atoms with Crippen LogP contribution >= 0.6 is 0 Å². The van der Waals surface area contributed by atoms with Gasteiger partial charge in [-0.1, -0.05) is 0 Å². The first-order valence-corrected chi connectivity index (χ1v) is 5.47. The summed E-state index contributed by atoms with van der Waals surface area (Å²) < 4.78 is 10.2. The van der Waals surface area contributed by atoms with Crippen LogP contribution in [0.3, 0.4) is 0 Å². The summed E-state index contributed by atoms with van der Waals surface area (Å²) in [6.07, 6.45) is -0.201. The van der Waals surface area contributed by atoms with E-state index < -0.39 is 10.8 Å². The van der Waals surface area contributed by atoms with Gasteiger partial charge in [0, 0.05) is 19.6 Å². The molecule has 8 nitrogen and oxygen atoms in total. The quantitative estimate of drug-likeness (QED) is 0.600. The van der Waals surface area contributed by atoms with Crippen LogP contribution in [0.25, 0.3) is 0 Å². The lowest BCUT2D eigenvalue weighted by Gasteiger charge is -2.31. The van der Waals surface area contributed by atoms with Gasteiger partial charge in [0.2, 0.25) is 0 Å². The first-order chi connectivity index (χ1) is 8.61. The summed E-state index contributed by atoms with van der Waals surface area (Å²) in [4.78, 5) is 23.3. The number of amides is 1. The Labute approximate surface area is 102 Å². The van der Waals surface area contributed by atoms with E-state index in [1.54, 1.807) is 0 Å². The van der Waals surface area contributed by atoms with Crippen molar-refractivity contribution in [2.24, 2.45) is 5.73 Å². The summed E-state index contributed by atoms with van der Waals surface area (Å²) in [6, 6.07) is 2.46. The number of morpholine rings is 1. The molecule has 1 aromatic heterocycles. The van der Waals surface area contributed by atoms with E-state index in [9.17, 15) is 14.9 Å². The van der Waals surface area contributed by atoms with Crippen molar-refractivity contribution in [3.8, 4) is 0 Å². The molecule has 1 saturated heterocycles. The minimum atomic E-state index is -0.682. The zero-order valence-electron chi connectivity index (χ0n) is 9.57. The highest BCUT2D eigenvalue weighted by Crippen LogP contribution is 2.18. The fourth-order valence-corrected chi connectivity index (χ4v) is 1.74. The predicted octanol–water partition coefficient (Wildman–Crippen LogP) is -0.0125. The monoisotopic (exact) mass is 255 g/mol. The Kier molecular flexibility index (Phi) is 3.58. The van der Waals surface area contributed by atoms with E-state index in [0.717, 1.165) is 6.07 Å². The maximum Gasteiger partial charge on any atom is 0.433 e. The molecule has 18 heavy (non-hydrogen) atoms. The molecule has 1 aliphatic heterocycles. The number of furan rings is 1. The van der Waals surface area contributed by atoms with Crippen LogP contribution in [-0.4, -0.2) is 48.1 Å². The Morgan fingerprint density at radius 2 is 2.39 bits per heavy atom. The van der Waals surface area contributed by atoms with Crippen LogP contribution in [0.5, 0.6) is 0 Å². The molecule has 0 aliphatic carbocycles. The molecule has 1 fully saturated rings. The molecule has 2 N–H and O–H groups in total. The minimum Gasteiger partial charge on any atom is -0.395 e. The molecule has 0 spiro atoms. The third kappa shape index (κ3) is 2.49. The Bertz CT molecular complexity index is 458. The van der Waals surface area contributed by atoms with Crippen LogP contribution in [0.2, 0.25) is 0 Å². The SMILES string of the molecule is NCC1CN(C(=O)c2ccc([N+](=O)[O-])o2)CCO1. The predicted molar refractivity (Wildman–Crippen MR) is 60.1 cm³/mol. The van der Waals surface area contributed by atoms with Crippen LogP contribution < -0.4 is 5.73 Å². The number of rotatable bonds is 3. The molecular weight excluding hydrogens is 242 g/mol. The molecule has 0 radical (unpaired) electrons. The Balaban J connectivity index is 2.07.